The third kappa shape index (κ3) is 15.2. The Bertz CT molecular complexity index is 490. The first-order valence-electron chi connectivity index (χ1n) is 11.9. The minimum atomic E-state index is -1.80. The zero-order chi connectivity index (χ0) is 23.5. The molecule has 0 rings (SSSR count). The SMILES string of the molecule is CCCCCCCC/C=C\CCCCCCC(C(=O)OC(=O)C(O)CO)C(O)C(C)O. The summed E-state index contributed by atoms with van der Waals surface area (Å²) in [5, 5.41) is 37.7. The quantitative estimate of drug-likeness (QED) is 0.104. The molecule has 0 spiro atoms. The highest BCUT2D eigenvalue weighted by Gasteiger charge is 2.33. The molecule has 0 fully saturated rings. The summed E-state index contributed by atoms with van der Waals surface area (Å²) in [5.74, 6) is -3.32. The molecular formula is C24H44O7. The van der Waals surface area contributed by atoms with Gasteiger partial charge >= 0.3 is 11.9 Å². The predicted octanol–water partition coefficient (Wildman–Crippen LogP) is 3.41. The lowest BCUT2D eigenvalue weighted by Crippen LogP contribution is -2.40. The molecule has 0 aliphatic carbocycles. The fourth-order valence-corrected chi connectivity index (χ4v) is 3.34. The normalized spacial score (nSPS) is 15.5. The van der Waals surface area contributed by atoms with E-state index in [2.05, 4.69) is 23.8 Å². The Hall–Kier alpha value is -1.28. The summed E-state index contributed by atoms with van der Waals surface area (Å²) in [6.07, 6.45) is 13.9. The van der Waals surface area contributed by atoms with Crippen LogP contribution in [0.3, 0.4) is 0 Å². The van der Waals surface area contributed by atoms with Crippen molar-refractivity contribution in [3.8, 4) is 0 Å². The van der Waals surface area contributed by atoms with Gasteiger partial charge in [0.05, 0.1) is 24.7 Å². The Morgan fingerprint density at radius 1 is 0.806 bits per heavy atom. The van der Waals surface area contributed by atoms with Crippen LogP contribution in [0.1, 0.15) is 97.3 Å². The standard InChI is InChI=1S/C24H44O7/c1-3-4-5-6-7-8-9-10-11-12-13-14-15-16-17-20(22(28)19(2)26)23(29)31-24(30)21(27)18-25/h10-11,19-22,25-28H,3-9,12-18H2,1-2H3/b11-10-. The van der Waals surface area contributed by atoms with Crippen molar-refractivity contribution in [1.29, 1.82) is 0 Å². The lowest BCUT2D eigenvalue weighted by Gasteiger charge is -2.23. The molecule has 7 nitrogen and oxygen atoms in total. The van der Waals surface area contributed by atoms with Crippen LogP contribution >= 0.6 is 0 Å². The molecule has 0 radical (unpaired) electrons. The van der Waals surface area contributed by atoms with Gasteiger partial charge in [-0.05, 0) is 39.0 Å². The van der Waals surface area contributed by atoms with Crippen LogP contribution < -0.4 is 0 Å². The lowest BCUT2D eigenvalue weighted by atomic mass is 9.92. The number of carbonyl (C=O) groups is 2. The van der Waals surface area contributed by atoms with Crippen LogP contribution in [0.15, 0.2) is 12.2 Å². The van der Waals surface area contributed by atoms with Crippen LogP contribution in [-0.4, -0.2) is 57.3 Å². The van der Waals surface area contributed by atoms with Gasteiger partial charge in [-0.3, -0.25) is 4.79 Å². The molecule has 4 N–H and O–H groups in total. The van der Waals surface area contributed by atoms with Crippen molar-refractivity contribution < 1.29 is 34.8 Å². The Balaban J connectivity index is 4.06. The smallest absolute Gasteiger partial charge is 0.345 e. The monoisotopic (exact) mass is 444 g/mol. The number of ether oxygens (including phenoxy) is 1. The summed E-state index contributed by atoms with van der Waals surface area (Å²) in [6.45, 7) is 2.72. The number of aliphatic hydroxyl groups is 4. The number of aliphatic hydroxyl groups excluding tert-OH is 4. The Morgan fingerprint density at radius 2 is 1.32 bits per heavy atom. The molecule has 0 saturated carbocycles. The van der Waals surface area contributed by atoms with Gasteiger partial charge in [0, 0.05) is 0 Å². The van der Waals surface area contributed by atoms with Crippen LogP contribution in [0.2, 0.25) is 0 Å². The Morgan fingerprint density at radius 3 is 1.84 bits per heavy atom. The van der Waals surface area contributed by atoms with Crippen LogP contribution in [-0.2, 0) is 14.3 Å². The van der Waals surface area contributed by atoms with Crippen LogP contribution in [0.4, 0.5) is 0 Å². The van der Waals surface area contributed by atoms with Crippen molar-refractivity contribution in [2.24, 2.45) is 5.92 Å². The number of hydrogen-bond donors (Lipinski definition) is 4. The van der Waals surface area contributed by atoms with Crippen LogP contribution in [0, 0.1) is 5.92 Å². The molecule has 7 heteroatoms. The topological polar surface area (TPSA) is 124 Å². The van der Waals surface area contributed by atoms with E-state index < -0.39 is 42.8 Å². The zero-order valence-electron chi connectivity index (χ0n) is 19.4. The van der Waals surface area contributed by atoms with E-state index in [4.69, 9.17) is 5.11 Å². The number of carbonyl (C=O) groups excluding carboxylic acids is 2. The zero-order valence-corrected chi connectivity index (χ0v) is 19.4. The number of unbranched alkanes of at least 4 members (excludes halogenated alkanes) is 10. The summed E-state index contributed by atoms with van der Waals surface area (Å²) in [6, 6.07) is 0. The largest absolute Gasteiger partial charge is 0.393 e. The van der Waals surface area contributed by atoms with Gasteiger partial charge in [-0.2, -0.15) is 0 Å². The summed E-state index contributed by atoms with van der Waals surface area (Å²) in [4.78, 5) is 23.6. The van der Waals surface area contributed by atoms with Gasteiger partial charge in [0.2, 0.25) is 0 Å². The molecule has 31 heavy (non-hydrogen) atoms. The fraction of sp³-hybridized carbons (Fsp3) is 0.833. The van der Waals surface area contributed by atoms with Gasteiger partial charge in [0.15, 0.2) is 6.10 Å². The van der Waals surface area contributed by atoms with E-state index in [0.29, 0.717) is 6.42 Å². The molecule has 0 heterocycles. The van der Waals surface area contributed by atoms with Crippen molar-refractivity contribution in [2.45, 2.75) is 116 Å². The molecule has 0 saturated heterocycles. The van der Waals surface area contributed by atoms with Crippen molar-refractivity contribution in [3.63, 3.8) is 0 Å². The van der Waals surface area contributed by atoms with E-state index in [1.165, 1.54) is 45.4 Å². The molecular weight excluding hydrogens is 400 g/mol. The molecule has 182 valence electrons. The van der Waals surface area contributed by atoms with Gasteiger partial charge in [-0.1, -0.05) is 70.4 Å². The van der Waals surface area contributed by atoms with Gasteiger partial charge in [0.25, 0.3) is 0 Å². The maximum absolute atomic E-state index is 12.2. The molecule has 0 aromatic heterocycles. The minimum absolute atomic E-state index is 0.265. The van der Waals surface area contributed by atoms with E-state index in [1.54, 1.807) is 0 Å². The molecule has 4 atom stereocenters. The van der Waals surface area contributed by atoms with Crippen molar-refractivity contribution in [2.75, 3.05) is 6.61 Å². The van der Waals surface area contributed by atoms with E-state index in [1.807, 2.05) is 0 Å². The molecule has 0 aromatic carbocycles. The van der Waals surface area contributed by atoms with Crippen LogP contribution in [0.25, 0.3) is 0 Å². The highest BCUT2D eigenvalue weighted by molar-refractivity contribution is 5.89. The number of hydrogen-bond acceptors (Lipinski definition) is 7. The molecule has 0 amide bonds. The van der Waals surface area contributed by atoms with Gasteiger partial charge in [-0.25, -0.2) is 4.79 Å². The number of rotatable bonds is 19. The second kappa shape index (κ2) is 19.4. The second-order valence-corrected chi connectivity index (χ2v) is 8.30. The van der Waals surface area contributed by atoms with Gasteiger partial charge in [0.1, 0.15) is 0 Å². The molecule has 0 aromatic rings. The summed E-state index contributed by atoms with van der Waals surface area (Å²) in [7, 11) is 0. The van der Waals surface area contributed by atoms with Crippen molar-refractivity contribution in [3.05, 3.63) is 12.2 Å². The van der Waals surface area contributed by atoms with Crippen molar-refractivity contribution >= 4 is 11.9 Å². The molecule has 0 bridgehead atoms. The lowest BCUT2D eigenvalue weighted by molar-refractivity contribution is -0.173. The summed E-state index contributed by atoms with van der Waals surface area (Å²) >= 11 is 0. The molecule has 0 aliphatic heterocycles. The highest BCUT2D eigenvalue weighted by atomic mass is 16.6. The Labute approximate surface area is 187 Å². The second-order valence-electron chi connectivity index (χ2n) is 8.30. The first-order chi connectivity index (χ1) is 14.8. The number of allylic oxidation sites excluding steroid dienone is 2. The Kier molecular flexibility index (Phi) is 18.6. The average Bonchev–Trinajstić information content (AvgIpc) is 2.75. The van der Waals surface area contributed by atoms with E-state index in [0.717, 1.165) is 32.1 Å². The van der Waals surface area contributed by atoms with E-state index in [9.17, 15) is 24.9 Å². The van der Waals surface area contributed by atoms with E-state index in [-0.39, 0.29) is 6.42 Å². The summed E-state index contributed by atoms with van der Waals surface area (Å²) in [5.41, 5.74) is 0. The maximum atomic E-state index is 12.2. The van der Waals surface area contributed by atoms with Gasteiger partial charge in [-0.15, -0.1) is 0 Å². The predicted molar refractivity (Wildman–Crippen MR) is 120 cm³/mol. The van der Waals surface area contributed by atoms with E-state index >= 15 is 0 Å². The third-order valence-electron chi connectivity index (χ3n) is 5.38. The maximum Gasteiger partial charge on any atom is 0.345 e. The fourth-order valence-electron chi connectivity index (χ4n) is 3.34. The molecule has 4 unspecified atom stereocenters. The van der Waals surface area contributed by atoms with Crippen molar-refractivity contribution in [1.82, 2.24) is 0 Å². The molecule has 0 aliphatic rings. The average molecular weight is 445 g/mol. The summed E-state index contributed by atoms with van der Waals surface area (Å²) < 4.78 is 4.54. The third-order valence-corrected chi connectivity index (χ3v) is 5.38. The number of esters is 2. The first kappa shape index (κ1) is 29.7. The van der Waals surface area contributed by atoms with Gasteiger partial charge < -0.3 is 25.2 Å². The first-order valence-corrected chi connectivity index (χ1v) is 11.9. The highest BCUT2D eigenvalue weighted by Crippen LogP contribution is 2.20. The minimum Gasteiger partial charge on any atom is -0.393 e. The van der Waals surface area contributed by atoms with Crippen LogP contribution in [0.5, 0.6) is 0 Å².